The molecule has 2 rings (SSSR count). The van der Waals surface area contributed by atoms with Gasteiger partial charge in [-0.1, -0.05) is 23.2 Å². The van der Waals surface area contributed by atoms with Crippen LogP contribution in [-0.4, -0.2) is 15.5 Å². The smallest absolute Gasteiger partial charge is 0.244 e. The maximum Gasteiger partial charge on any atom is 0.244 e. The van der Waals surface area contributed by atoms with Crippen LogP contribution in [-0.2, 0) is 11.3 Å². The van der Waals surface area contributed by atoms with E-state index in [4.69, 9.17) is 28.9 Å². The number of halogens is 2. The Hall–Kier alpha value is -1.72. The Labute approximate surface area is 114 Å². The molecule has 1 heterocycles. The van der Waals surface area contributed by atoms with Crippen molar-refractivity contribution in [3.8, 4) is 0 Å². The van der Waals surface area contributed by atoms with Gasteiger partial charge in [0.1, 0.15) is 6.54 Å². The Balaban J connectivity index is 2.12. The molecule has 1 aromatic heterocycles. The van der Waals surface area contributed by atoms with Crippen LogP contribution < -0.4 is 11.1 Å². The second kappa shape index (κ2) is 5.29. The third kappa shape index (κ3) is 2.94. The fourth-order valence-corrected chi connectivity index (χ4v) is 2.01. The van der Waals surface area contributed by atoms with Crippen molar-refractivity contribution in [1.82, 2.24) is 9.55 Å². The Morgan fingerprint density at radius 2 is 2.22 bits per heavy atom. The first kappa shape index (κ1) is 12.7. The first-order chi connectivity index (χ1) is 8.56. The van der Waals surface area contributed by atoms with Gasteiger partial charge in [-0.05, 0) is 12.1 Å². The van der Waals surface area contributed by atoms with E-state index in [1.54, 1.807) is 23.3 Å². The van der Waals surface area contributed by atoms with Crippen molar-refractivity contribution in [1.29, 1.82) is 0 Å². The van der Waals surface area contributed by atoms with Crippen LogP contribution in [0.3, 0.4) is 0 Å². The number of aromatic nitrogens is 2. The highest BCUT2D eigenvalue weighted by atomic mass is 35.5. The van der Waals surface area contributed by atoms with E-state index in [1.165, 1.54) is 12.1 Å². The van der Waals surface area contributed by atoms with Crippen molar-refractivity contribution in [2.45, 2.75) is 6.54 Å². The van der Waals surface area contributed by atoms with E-state index in [0.717, 1.165) is 0 Å². The van der Waals surface area contributed by atoms with E-state index < -0.39 is 0 Å². The molecule has 2 aromatic rings. The first-order valence-electron chi connectivity index (χ1n) is 5.06. The number of hydrogen-bond donors (Lipinski definition) is 2. The second-order valence-electron chi connectivity index (χ2n) is 3.64. The summed E-state index contributed by atoms with van der Waals surface area (Å²) in [7, 11) is 0. The van der Waals surface area contributed by atoms with Gasteiger partial charge in [0, 0.05) is 17.4 Å². The number of hydrogen-bond acceptors (Lipinski definition) is 3. The van der Waals surface area contributed by atoms with Crippen LogP contribution in [0, 0.1) is 0 Å². The molecule has 0 aliphatic carbocycles. The number of carbonyl (C=O) groups is 1. The van der Waals surface area contributed by atoms with Gasteiger partial charge in [-0.15, -0.1) is 0 Å². The summed E-state index contributed by atoms with van der Waals surface area (Å²) in [5, 5.41) is 3.37. The van der Waals surface area contributed by atoms with Crippen LogP contribution >= 0.6 is 23.2 Å². The summed E-state index contributed by atoms with van der Waals surface area (Å²) in [6.07, 6.45) is 4.83. The van der Waals surface area contributed by atoms with E-state index in [2.05, 4.69) is 10.3 Å². The van der Waals surface area contributed by atoms with E-state index in [1.807, 2.05) is 0 Å². The predicted octanol–water partition coefficient (Wildman–Crippen LogP) is 2.41. The van der Waals surface area contributed by atoms with Crippen molar-refractivity contribution < 1.29 is 4.79 Å². The second-order valence-corrected chi connectivity index (χ2v) is 4.48. The van der Waals surface area contributed by atoms with Gasteiger partial charge in [0.2, 0.25) is 5.91 Å². The molecule has 0 bridgehead atoms. The molecule has 1 amide bonds. The van der Waals surface area contributed by atoms with E-state index in [-0.39, 0.29) is 12.5 Å². The third-order valence-corrected chi connectivity index (χ3v) is 2.75. The summed E-state index contributed by atoms with van der Waals surface area (Å²) in [5.74, 6) is -0.246. The maximum absolute atomic E-state index is 11.8. The molecular formula is C11H10Cl2N4O. The van der Waals surface area contributed by atoms with Gasteiger partial charge < -0.3 is 15.6 Å². The normalized spacial score (nSPS) is 10.3. The minimum absolute atomic E-state index is 0.137. The minimum atomic E-state index is -0.246. The molecule has 94 valence electrons. The lowest BCUT2D eigenvalue weighted by Gasteiger charge is -2.10. The molecule has 0 fully saturated rings. The van der Waals surface area contributed by atoms with Gasteiger partial charge in [0.25, 0.3) is 0 Å². The number of amides is 1. The Morgan fingerprint density at radius 1 is 1.44 bits per heavy atom. The number of carbonyl (C=O) groups excluding carboxylic acids is 1. The lowest BCUT2D eigenvalue weighted by Crippen LogP contribution is -2.18. The minimum Gasteiger partial charge on any atom is -0.397 e. The molecule has 0 saturated heterocycles. The van der Waals surface area contributed by atoms with Crippen molar-refractivity contribution in [3.05, 3.63) is 40.9 Å². The summed E-state index contributed by atoms with van der Waals surface area (Å²) < 4.78 is 1.63. The highest BCUT2D eigenvalue weighted by Crippen LogP contribution is 2.31. The largest absolute Gasteiger partial charge is 0.397 e. The van der Waals surface area contributed by atoms with E-state index >= 15 is 0 Å². The zero-order chi connectivity index (χ0) is 13.1. The molecule has 7 heteroatoms. The molecule has 0 aliphatic rings. The van der Waals surface area contributed by atoms with Crippen LogP contribution in [0.5, 0.6) is 0 Å². The number of rotatable bonds is 3. The third-order valence-electron chi connectivity index (χ3n) is 2.24. The number of imidazole rings is 1. The number of anilines is 2. The van der Waals surface area contributed by atoms with Crippen LogP contribution in [0.15, 0.2) is 30.9 Å². The van der Waals surface area contributed by atoms with Gasteiger partial charge in [0.05, 0.1) is 22.7 Å². The van der Waals surface area contributed by atoms with Crippen molar-refractivity contribution >= 4 is 40.5 Å². The maximum atomic E-state index is 11.8. The van der Waals surface area contributed by atoms with E-state index in [9.17, 15) is 4.79 Å². The Morgan fingerprint density at radius 3 is 2.83 bits per heavy atom. The molecular weight excluding hydrogens is 275 g/mol. The number of nitrogens with one attached hydrogen (secondary N) is 1. The average Bonchev–Trinajstić information content (AvgIpc) is 2.76. The highest BCUT2D eigenvalue weighted by molar-refractivity contribution is 6.37. The molecule has 0 unspecified atom stereocenters. The SMILES string of the molecule is Nc1cc(Cl)cc(Cl)c1NC(=O)Cn1ccnc1. The lowest BCUT2D eigenvalue weighted by molar-refractivity contribution is -0.116. The summed E-state index contributed by atoms with van der Waals surface area (Å²) in [6, 6.07) is 3.05. The van der Waals surface area contributed by atoms with Crippen LogP contribution in [0.2, 0.25) is 10.0 Å². The summed E-state index contributed by atoms with van der Waals surface area (Å²) in [6.45, 7) is 0.137. The fourth-order valence-electron chi connectivity index (χ4n) is 1.45. The van der Waals surface area contributed by atoms with Gasteiger partial charge in [-0.25, -0.2) is 4.98 Å². The highest BCUT2D eigenvalue weighted by Gasteiger charge is 2.10. The quantitative estimate of drug-likeness (QED) is 0.850. The monoisotopic (exact) mass is 284 g/mol. The molecule has 5 nitrogen and oxygen atoms in total. The van der Waals surface area contributed by atoms with Crippen LogP contribution in [0.25, 0.3) is 0 Å². The van der Waals surface area contributed by atoms with Gasteiger partial charge >= 0.3 is 0 Å². The summed E-state index contributed by atoms with van der Waals surface area (Å²) in [5.41, 5.74) is 6.43. The van der Waals surface area contributed by atoms with Crippen LogP contribution in [0.1, 0.15) is 0 Å². The standard InChI is InChI=1S/C11H10Cl2N4O/c12-7-3-8(13)11(9(14)4-7)16-10(18)5-17-2-1-15-6-17/h1-4,6H,5,14H2,(H,16,18). The average molecular weight is 285 g/mol. The van der Waals surface area contributed by atoms with Crippen molar-refractivity contribution in [2.75, 3.05) is 11.1 Å². The number of nitrogens with zero attached hydrogens (tertiary/aromatic N) is 2. The number of benzene rings is 1. The molecule has 0 saturated carbocycles. The predicted molar refractivity (Wildman–Crippen MR) is 71.7 cm³/mol. The zero-order valence-electron chi connectivity index (χ0n) is 9.23. The topological polar surface area (TPSA) is 72.9 Å². The summed E-state index contributed by atoms with van der Waals surface area (Å²) in [4.78, 5) is 15.6. The molecule has 0 spiro atoms. The molecule has 1 aromatic carbocycles. The molecule has 3 N–H and O–H groups in total. The molecule has 0 radical (unpaired) electrons. The van der Waals surface area contributed by atoms with Crippen molar-refractivity contribution in [3.63, 3.8) is 0 Å². The van der Waals surface area contributed by atoms with Gasteiger partial charge in [-0.3, -0.25) is 4.79 Å². The van der Waals surface area contributed by atoms with Gasteiger partial charge in [-0.2, -0.15) is 0 Å². The molecule has 0 aliphatic heterocycles. The zero-order valence-corrected chi connectivity index (χ0v) is 10.7. The lowest BCUT2D eigenvalue weighted by atomic mass is 10.2. The Bertz CT molecular complexity index is 545. The van der Waals surface area contributed by atoms with Crippen molar-refractivity contribution in [2.24, 2.45) is 0 Å². The molecule has 0 atom stereocenters. The number of nitrogens with two attached hydrogens (primary N) is 1. The number of nitrogen functional groups attached to an aromatic ring is 1. The Kier molecular flexibility index (Phi) is 3.74. The fraction of sp³-hybridized carbons (Fsp3) is 0.0909. The van der Waals surface area contributed by atoms with Crippen LogP contribution in [0.4, 0.5) is 11.4 Å². The van der Waals surface area contributed by atoms with E-state index in [0.29, 0.717) is 21.4 Å². The summed E-state index contributed by atoms with van der Waals surface area (Å²) >= 11 is 11.7. The van der Waals surface area contributed by atoms with Gasteiger partial charge in [0.15, 0.2) is 0 Å². The first-order valence-corrected chi connectivity index (χ1v) is 5.82. The molecule has 18 heavy (non-hydrogen) atoms.